The number of nitrogens with two attached hydrogens (primary N) is 1. The Kier molecular flexibility index (Phi) is 3.19. The smallest absolute Gasteiger partial charge is 0.0140 e. The zero-order chi connectivity index (χ0) is 12.7. The van der Waals surface area contributed by atoms with Crippen molar-refractivity contribution in [2.45, 2.75) is 51.5 Å². The van der Waals surface area contributed by atoms with E-state index in [0.717, 1.165) is 17.8 Å². The predicted molar refractivity (Wildman–Crippen MR) is 76.5 cm³/mol. The lowest BCUT2D eigenvalue weighted by Crippen LogP contribution is -2.43. The molecule has 3 rings (SSSR count). The van der Waals surface area contributed by atoms with E-state index in [-0.39, 0.29) is 0 Å². The van der Waals surface area contributed by atoms with Crippen molar-refractivity contribution in [2.24, 2.45) is 23.5 Å². The number of fused-ring (bicyclic) bond motifs is 1. The maximum absolute atomic E-state index is 6.59. The first-order valence-corrected chi connectivity index (χ1v) is 7.48. The second-order valence-electron chi connectivity index (χ2n) is 6.76. The first-order chi connectivity index (χ1) is 8.65. The zero-order valence-corrected chi connectivity index (χ0v) is 11.6. The summed E-state index contributed by atoms with van der Waals surface area (Å²) in [7, 11) is 0. The van der Waals surface area contributed by atoms with Gasteiger partial charge in [0.15, 0.2) is 0 Å². The Morgan fingerprint density at radius 1 is 1.06 bits per heavy atom. The Morgan fingerprint density at radius 2 is 1.72 bits per heavy atom. The molecule has 1 aromatic rings. The van der Waals surface area contributed by atoms with Crippen LogP contribution in [0.15, 0.2) is 24.3 Å². The summed E-state index contributed by atoms with van der Waals surface area (Å²) in [5, 5.41) is 0. The molecule has 1 fully saturated rings. The summed E-state index contributed by atoms with van der Waals surface area (Å²) >= 11 is 0. The Balaban J connectivity index is 1.71. The molecule has 0 bridgehead atoms. The Labute approximate surface area is 111 Å². The van der Waals surface area contributed by atoms with Gasteiger partial charge in [-0.15, -0.1) is 0 Å². The van der Waals surface area contributed by atoms with Crippen LogP contribution in [0.5, 0.6) is 0 Å². The number of rotatable bonds is 2. The highest BCUT2D eigenvalue weighted by Crippen LogP contribution is 2.43. The molecule has 0 radical (unpaired) electrons. The average molecular weight is 243 g/mol. The van der Waals surface area contributed by atoms with Gasteiger partial charge in [-0.2, -0.15) is 0 Å². The summed E-state index contributed by atoms with van der Waals surface area (Å²) in [5.41, 5.74) is 9.64. The molecule has 4 unspecified atom stereocenters. The van der Waals surface area contributed by atoms with Crippen molar-refractivity contribution in [1.29, 1.82) is 0 Å². The van der Waals surface area contributed by atoms with Gasteiger partial charge in [0.2, 0.25) is 0 Å². The minimum atomic E-state index is 0.380. The van der Waals surface area contributed by atoms with Crippen LogP contribution in [-0.4, -0.2) is 6.04 Å². The molecule has 1 saturated carbocycles. The Hall–Kier alpha value is -0.820. The van der Waals surface area contributed by atoms with Gasteiger partial charge in [0.25, 0.3) is 0 Å². The van der Waals surface area contributed by atoms with Crippen LogP contribution in [0.2, 0.25) is 0 Å². The largest absolute Gasteiger partial charge is 0.327 e. The van der Waals surface area contributed by atoms with Gasteiger partial charge in [0.05, 0.1) is 0 Å². The molecule has 1 heteroatoms. The third-order valence-electron chi connectivity index (χ3n) is 5.12. The highest BCUT2D eigenvalue weighted by Gasteiger charge is 2.37. The van der Waals surface area contributed by atoms with Crippen LogP contribution in [-0.2, 0) is 6.42 Å². The second kappa shape index (κ2) is 4.70. The number of hydrogen-bond acceptors (Lipinski definition) is 1. The van der Waals surface area contributed by atoms with Crippen LogP contribution in [0.1, 0.15) is 50.2 Å². The third-order valence-corrected chi connectivity index (χ3v) is 5.12. The fourth-order valence-electron chi connectivity index (χ4n) is 4.29. The molecule has 98 valence electrons. The van der Waals surface area contributed by atoms with E-state index >= 15 is 0 Å². The van der Waals surface area contributed by atoms with E-state index in [4.69, 9.17) is 5.73 Å². The van der Waals surface area contributed by atoms with E-state index in [1.807, 2.05) is 0 Å². The van der Waals surface area contributed by atoms with Crippen LogP contribution < -0.4 is 5.73 Å². The van der Waals surface area contributed by atoms with E-state index in [0.29, 0.717) is 12.0 Å². The van der Waals surface area contributed by atoms with Crippen molar-refractivity contribution in [3.05, 3.63) is 35.4 Å². The van der Waals surface area contributed by atoms with Crippen LogP contribution in [0, 0.1) is 17.8 Å². The molecule has 0 amide bonds. The summed E-state index contributed by atoms with van der Waals surface area (Å²) < 4.78 is 0. The standard InChI is InChI=1S/C17H25N/c1-11-7-12(2)9-14(8-11)17(18)16-10-13-5-3-4-6-15(13)16/h3-6,11-12,14,16-17H,7-10,18H2,1-2H3. The molecule has 0 aliphatic heterocycles. The minimum absolute atomic E-state index is 0.380. The molecule has 1 nitrogen and oxygen atoms in total. The van der Waals surface area contributed by atoms with Crippen molar-refractivity contribution in [1.82, 2.24) is 0 Å². The van der Waals surface area contributed by atoms with Crippen molar-refractivity contribution in [3.8, 4) is 0 Å². The summed E-state index contributed by atoms with van der Waals surface area (Å²) in [6, 6.07) is 9.21. The van der Waals surface area contributed by atoms with Crippen LogP contribution in [0.4, 0.5) is 0 Å². The monoisotopic (exact) mass is 243 g/mol. The highest BCUT2D eigenvalue weighted by molar-refractivity contribution is 5.41. The molecule has 2 N–H and O–H groups in total. The van der Waals surface area contributed by atoms with E-state index in [1.54, 1.807) is 0 Å². The fraction of sp³-hybridized carbons (Fsp3) is 0.647. The molecule has 2 aliphatic carbocycles. The molecular formula is C17H25N. The zero-order valence-electron chi connectivity index (χ0n) is 11.6. The van der Waals surface area contributed by atoms with Gasteiger partial charge in [-0.25, -0.2) is 0 Å². The second-order valence-corrected chi connectivity index (χ2v) is 6.76. The Bertz CT molecular complexity index is 415. The average Bonchev–Trinajstić information content (AvgIpc) is 2.29. The molecule has 0 spiro atoms. The van der Waals surface area contributed by atoms with Gasteiger partial charge in [-0.05, 0) is 54.6 Å². The van der Waals surface area contributed by atoms with E-state index in [1.165, 1.54) is 36.8 Å². The molecule has 1 aromatic carbocycles. The van der Waals surface area contributed by atoms with Crippen LogP contribution in [0.3, 0.4) is 0 Å². The van der Waals surface area contributed by atoms with Crippen LogP contribution in [0.25, 0.3) is 0 Å². The maximum Gasteiger partial charge on any atom is 0.0140 e. The SMILES string of the molecule is CC1CC(C)CC(C(N)C2Cc3ccccc32)C1. The molecule has 18 heavy (non-hydrogen) atoms. The van der Waals surface area contributed by atoms with Gasteiger partial charge in [-0.1, -0.05) is 38.1 Å². The van der Waals surface area contributed by atoms with E-state index in [9.17, 15) is 0 Å². The summed E-state index contributed by atoms with van der Waals surface area (Å²) in [6.07, 6.45) is 5.27. The maximum atomic E-state index is 6.59. The van der Waals surface area contributed by atoms with Crippen molar-refractivity contribution in [2.75, 3.05) is 0 Å². The highest BCUT2D eigenvalue weighted by atomic mass is 14.7. The molecular weight excluding hydrogens is 218 g/mol. The normalized spacial score (nSPS) is 36.6. The predicted octanol–water partition coefficient (Wildman–Crippen LogP) is 3.73. The van der Waals surface area contributed by atoms with Crippen LogP contribution >= 0.6 is 0 Å². The quantitative estimate of drug-likeness (QED) is 0.841. The number of benzene rings is 1. The molecule has 2 aliphatic rings. The first-order valence-electron chi connectivity index (χ1n) is 7.48. The topological polar surface area (TPSA) is 26.0 Å². The Morgan fingerprint density at radius 3 is 2.39 bits per heavy atom. The van der Waals surface area contributed by atoms with E-state index < -0.39 is 0 Å². The lowest BCUT2D eigenvalue weighted by molar-refractivity contribution is 0.176. The lowest BCUT2D eigenvalue weighted by Gasteiger charge is -2.42. The van der Waals surface area contributed by atoms with Gasteiger partial charge < -0.3 is 5.73 Å². The minimum Gasteiger partial charge on any atom is -0.327 e. The third kappa shape index (κ3) is 2.09. The van der Waals surface area contributed by atoms with E-state index in [2.05, 4.69) is 38.1 Å². The molecule has 0 saturated heterocycles. The molecule has 0 heterocycles. The first kappa shape index (κ1) is 12.2. The van der Waals surface area contributed by atoms with Gasteiger partial charge in [-0.3, -0.25) is 0 Å². The van der Waals surface area contributed by atoms with Crippen molar-refractivity contribution in [3.63, 3.8) is 0 Å². The number of hydrogen-bond donors (Lipinski definition) is 1. The summed E-state index contributed by atoms with van der Waals surface area (Å²) in [5.74, 6) is 3.09. The molecule has 0 aromatic heterocycles. The van der Waals surface area contributed by atoms with Crippen molar-refractivity contribution < 1.29 is 0 Å². The van der Waals surface area contributed by atoms with Crippen molar-refractivity contribution >= 4 is 0 Å². The summed E-state index contributed by atoms with van der Waals surface area (Å²) in [6.45, 7) is 4.79. The molecule has 4 atom stereocenters. The van der Waals surface area contributed by atoms with Gasteiger partial charge in [0, 0.05) is 12.0 Å². The van der Waals surface area contributed by atoms with Gasteiger partial charge >= 0.3 is 0 Å². The van der Waals surface area contributed by atoms with Gasteiger partial charge in [0.1, 0.15) is 0 Å². The lowest BCUT2D eigenvalue weighted by atomic mass is 9.65. The summed E-state index contributed by atoms with van der Waals surface area (Å²) in [4.78, 5) is 0. The fourth-order valence-corrected chi connectivity index (χ4v) is 4.29.